The molecule has 1 amide bonds. The van der Waals surface area contributed by atoms with Gasteiger partial charge in [-0.3, -0.25) is 14.5 Å². The molecule has 0 spiro atoms. The van der Waals surface area contributed by atoms with Crippen molar-refractivity contribution < 1.29 is 28.9 Å². The number of amides is 1. The minimum atomic E-state index is -0.824. The number of nitrogens with zero attached hydrogens (tertiary/aromatic N) is 1. The Labute approximate surface area is 216 Å². The van der Waals surface area contributed by atoms with E-state index in [9.17, 15) is 14.7 Å². The van der Waals surface area contributed by atoms with Crippen LogP contribution < -0.4 is 19.1 Å². The molecule has 1 heterocycles. The highest BCUT2D eigenvalue weighted by molar-refractivity contribution is 6.51. The average Bonchev–Trinajstić information content (AvgIpc) is 3.17. The van der Waals surface area contributed by atoms with Gasteiger partial charge in [0.1, 0.15) is 11.5 Å². The first-order valence-electron chi connectivity index (χ1n) is 12.1. The summed E-state index contributed by atoms with van der Waals surface area (Å²) in [5, 5.41) is 11.4. The lowest BCUT2D eigenvalue weighted by Crippen LogP contribution is -2.29. The largest absolute Gasteiger partial charge is 0.507 e. The number of aliphatic hydroxyl groups excluding tert-OH is 1. The van der Waals surface area contributed by atoms with Crippen molar-refractivity contribution in [3.8, 4) is 17.2 Å². The van der Waals surface area contributed by atoms with Gasteiger partial charge in [0, 0.05) is 11.3 Å². The summed E-state index contributed by atoms with van der Waals surface area (Å²) < 4.78 is 16.4. The highest BCUT2D eigenvalue weighted by Crippen LogP contribution is 2.43. The standard InChI is InChI=1S/C30H31NO6/c1-18(2)17-37-23-12-10-22(11-13-23)31-27(20-8-6-7-19(3)15-20)26(29(33)30(31)34)28(32)21-9-14-24(35-4)25(16-21)36-5/h6-16,18,27,32H,17H2,1-5H3/b28-26-. The Hall–Kier alpha value is -4.26. The Kier molecular flexibility index (Phi) is 7.53. The molecule has 1 atom stereocenters. The third-order valence-electron chi connectivity index (χ3n) is 6.16. The lowest BCUT2D eigenvalue weighted by Gasteiger charge is -2.26. The van der Waals surface area contributed by atoms with E-state index in [-0.39, 0.29) is 11.3 Å². The molecule has 192 valence electrons. The number of ketones is 1. The van der Waals surface area contributed by atoms with E-state index in [0.717, 1.165) is 5.56 Å². The summed E-state index contributed by atoms with van der Waals surface area (Å²) in [6.45, 7) is 6.63. The number of hydrogen-bond donors (Lipinski definition) is 1. The molecule has 3 aromatic rings. The molecule has 1 fully saturated rings. The van der Waals surface area contributed by atoms with Crippen LogP contribution in [0.15, 0.2) is 72.3 Å². The fourth-order valence-electron chi connectivity index (χ4n) is 4.36. The summed E-state index contributed by atoms with van der Waals surface area (Å²) >= 11 is 0. The molecule has 0 saturated carbocycles. The van der Waals surface area contributed by atoms with Gasteiger partial charge in [-0.05, 0) is 60.9 Å². The number of ether oxygens (including phenoxy) is 3. The molecule has 1 saturated heterocycles. The highest BCUT2D eigenvalue weighted by Gasteiger charge is 2.47. The third kappa shape index (κ3) is 5.16. The molecule has 37 heavy (non-hydrogen) atoms. The van der Waals surface area contributed by atoms with Crippen molar-refractivity contribution in [1.29, 1.82) is 0 Å². The van der Waals surface area contributed by atoms with E-state index in [4.69, 9.17) is 14.2 Å². The molecule has 3 aromatic carbocycles. The van der Waals surface area contributed by atoms with Gasteiger partial charge in [-0.1, -0.05) is 43.7 Å². The van der Waals surface area contributed by atoms with Crippen LogP contribution in [0.1, 0.15) is 36.6 Å². The fourth-order valence-corrected chi connectivity index (χ4v) is 4.36. The van der Waals surface area contributed by atoms with Crippen LogP contribution in [0.5, 0.6) is 17.2 Å². The van der Waals surface area contributed by atoms with Gasteiger partial charge in [0.2, 0.25) is 0 Å². The monoisotopic (exact) mass is 501 g/mol. The summed E-state index contributed by atoms with van der Waals surface area (Å²) in [6.07, 6.45) is 0. The van der Waals surface area contributed by atoms with Gasteiger partial charge < -0.3 is 19.3 Å². The van der Waals surface area contributed by atoms with Crippen LogP contribution in [-0.2, 0) is 9.59 Å². The molecule has 1 aliphatic heterocycles. The van der Waals surface area contributed by atoms with Crippen molar-refractivity contribution >= 4 is 23.1 Å². The lowest BCUT2D eigenvalue weighted by molar-refractivity contribution is -0.132. The van der Waals surface area contributed by atoms with Crippen molar-refractivity contribution in [3.05, 3.63) is 89.0 Å². The number of anilines is 1. The normalized spacial score (nSPS) is 16.8. The molecule has 0 aromatic heterocycles. The summed E-state index contributed by atoms with van der Waals surface area (Å²) in [5.41, 5.74) is 2.54. The fraction of sp³-hybridized carbons (Fsp3) is 0.267. The maximum atomic E-state index is 13.4. The van der Waals surface area contributed by atoms with E-state index < -0.39 is 17.7 Å². The van der Waals surface area contributed by atoms with Crippen molar-refractivity contribution in [2.24, 2.45) is 5.92 Å². The van der Waals surface area contributed by atoms with Gasteiger partial charge in [0.15, 0.2) is 11.5 Å². The van der Waals surface area contributed by atoms with Crippen molar-refractivity contribution in [2.45, 2.75) is 26.8 Å². The van der Waals surface area contributed by atoms with E-state index in [1.807, 2.05) is 31.2 Å². The van der Waals surface area contributed by atoms with Gasteiger partial charge in [-0.15, -0.1) is 0 Å². The van der Waals surface area contributed by atoms with Gasteiger partial charge in [0.05, 0.1) is 32.4 Å². The average molecular weight is 502 g/mol. The maximum Gasteiger partial charge on any atom is 0.300 e. The van der Waals surface area contributed by atoms with E-state index in [1.165, 1.54) is 19.1 Å². The number of hydrogen-bond acceptors (Lipinski definition) is 6. The summed E-state index contributed by atoms with van der Waals surface area (Å²) in [6, 6.07) is 18.6. The zero-order chi connectivity index (χ0) is 26.7. The zero-order valence-electron chi connectivity index (χ0n) is 21.6. The Morgan fingerprint density at radius 2 is 1.65 bits per heavy atom. The molecule has 0 bridgehead atoms. The van der Waals surface area contributed by atoms with E-state index >= 15 is 0 Å². The van der Waals surface area contributed by atoms with Crippen LogP contribution in [0.25, 0.3) is 5.76 Å². The van der Waals surface area contributed by atoms with Crippen LogP contribution in [0.3, 0.4) is 0 Å². The van der Waals surface area contributed by atoms with Crippen LogP contribution in [-0.4, -0.2) is 37.6 Å². The Balaban J connectivity index is 1.84. The second-order valence-corrected chi connectivity index (χ2v) is 9.35. The smallest absolute Gasteiger partial charge is 0.300 e. The van der Waals surface area contributed by atoms with Crippen LogP contribution in [0.4, 0.5) is 5.69 Å². The van der Waals surface area contributed by atoms with Crippen molar-refractivity contribution in [2.75, 3.05) is 25.7 Å². The summed E-state index contributed by atoms with van der Waals surface area (Å²) in [4.78, 5) is 28.2. The highest BCUT2D eigenvalue weighted by atomic mass is 16.5. The predicted molar refractivity (Wildman–Crippen MR) is 142 cm³/mol. The summed E-state index contributed by atoms with van der Waals surface area (Å²) in [7, 11) is 3.00. The van der Waals surface area contributed by atoms with Crippen molar-refractivity contribution in [3.63, 3.8) is 0 Å². The predicted octanol–water partition coefficient (Wildman–Crippen LogP) is 5.67. The molecule has 7 heteroatoms. The van der Waals surface area contributed by atoms with Crippen LogP contribution in [0.2, 0.25) is 0 Å². The molecule has 7 nitrogen and oxygen atoms in total. The first kappa shape index (κ1) is 25.8. The third-order valence-corrected chi connectivity index (χ3v) is 6.16. The molecule has 0 aliphatic carbocycles. The first-order chi connectivity index (χ1) is 17.7. The van der Waals surface area contributed by atoms with Gasteiger partial charge in [-0.2, -0.15) is 0 Å². The second kappa shape index (κ2) is 10.8. The lowest BCUT2D eigenvalue weighted by atomic mass is 9.94. The van der Waals surface area contributed by atoms with Crippen LogP contribution >= 0.6 is 0 Å². The Morgan fingerprint density at radius 1 is 0.946 bits per heavy atom. The Morgan fingerprint density at radius 3 is 2.27 bits per heavy atom. The number of benzene rings is 3. The maximum absolute atomic E-state index is 13.4. The minimum Gasteiger partial charge on any atom is -0.507 e. The molecule has 0 radical (unpaired) electrons. The van der Waals surface area contributed by atoms with Gasteiger partial charge in [-0.25, -0.2) is 0 Å². The number of aliphatic hydroxyl groups is 1. The van der Waals surface area contributed by atoms with Gasteiger partial charge >= 0.3 is 0 Å². The number of carbonyl (C=O) groups is 2. The van der Waals surface area contributed by atoms with E-state index in [2.05, 4.69) is 13.8 Å². The first-order valence-corrected chi connectivity index (χ1v) is 12.1. The zero-order valence-corrected chi connectivity index (χ0v) is 21.6. The van der Waals surface area contributed by atoms with E-state index in [1.54, 1.807) is 42.5 Å². The second-order valence-electron chi connectivity index (χ2n) is 9.35. The number of rotatable bonds is 8. The molecular weight excluding hydrogens is 470 g/mol. The number of methoxy groups -OCH3 is 2. The topological polar surface area (TPSA) is 85.3 Å². The number of carbonyl (C=O) groups excluding carboxylic acids is 2. The van der Waals surface area contributed by atoms with E-state index in [0.29, 0.717) is 46.6 Å². The summed E-state index contributed by atoms with van der Waals surface area (Å²) in [5.74, 6) is 0.148. The number of Topliss-reactive ketones (excluding diaryl/α,β-unsaturated/α-hetero) is 1. The number of aryl methyl sites for hydroxylation is 1. The van der Waals surface area contributed by atoms with Crippen molar-refractivity contribution in [1.82, 2.24) is 0 Å². The molecule has 4 rings (SSSR count). The Bertz CT molecular complexity index is 1340. The molecule has 1 aliphatic rings. The van der Waals surface area contributed by atoms with Crippen LogP contribution in [0, 0.1) is 12.8 Å². The van der Waals surface area contributed by atoms with Gasteiger partial charge in [0.25, 0.3) is 11.7 Å². The molecule has 1 unspecified atom stereocenters. The quantitative estimate of drug-likeness (QED) is 0.243. The molecular formula is C30H31NO6. The SMILES string of the molecule is COc1ccc(/C(O)=C2/C(=O)C(=O)N(c3ccc(OCC(C)C)cc3)C2c2cccc(C)c2)cc1OC. The minimum absolute atomic E-state index is 0.00274. The molecule has 1 N–H and O–H groups in total.